The molecule has 0 aliphatic carbocycles. The number of hydrogen-bond donors (Lipinski definition) is 3. The molecule has 0 aromatic carbocycles. The zero-order valence-corrected chi connectivity index (χ0v) is 73.5. The standard InChI is InChI=1S/C90H176O17P2/c1-6-9-12-15-18-21-24-27-30-33-35-36-38-41-44-47-50-55-61-66-71-76-89(94)106-85(79-100-87(92)73-68-63-58-53-48-45-42-40-37-34-31-28-25-22-19-16-13-10-7-2)81-104-108(96,97)102-77-84(91)78-103-109(98,99)105-82-86(80-101-88(93)74-69-64-59-56-51-52-57-62-67-72-83(4)5)107-90(95)75-70-65-60-54-49-46-43-39-32-29-26-23-20-17-14-11-8-3/h83-86,91H,6-82H2,1-5H3,(H,96,97)(H,98,99)/t84-,85-,86-/m1/s1. The monoisotopic (exact) mass is 1590 g/mol. The topological polar surface area (TPSA) is 237 Å². The third-order valence-electron chi connectivity index (χ3n) is 21.3. The van der Waals surface area contributed by atoms with Crippen molar-refractivity contribution >= 4 is 39.5 Å². The van der Waals surface area contributed by atoms with Crippen molar-refractivity contribution in [1.82, 2.24) is 0 Å². The van der Waals surface area contributed by atoms with Crippen molar-refractivity contribution < 1.29 is 80.2 Å². The normalized spacial score (nSPS) is 13.7. The minimum atomic E-state index is -4.97. The molecule has 109 heavy (non-hydrogen) atoms. The lowest BCUT2D eigenvalue weighted by Crippen LogP contribution is -2.30. The van der Waals surface area contributed by atoms with E-state index in [0.29, 0.717) is 25.7 Å². The van der Waals surface area contributed by atoms with Gasteiger partial charge in [-0.15, -0.1) is 0 Å². The minimum Gasteiger partial charge on any atom is -0.462 e. The Hall–Kier alpha value is -1.94. The van der Waals surface area contributed by atoms with E-state index in [1.165, 1.54) is 315 Å². The summed E-state index contributed by atoms with van der Waals surface area (Å²) in [5.41, 5.74) is 0. The van der Waals surface area contributed by atoms with Crippen LogP contribution in [0.15, 0.2) is 0 Å². The summed E-state index contributed by atoms with van der Waals surface area (Å²) >= 11 is 0. The Morgan fingerprint density at radius 1 is 0.248 bits per heavy atom. The Labute approximate surface area is 670 Å². The van der Waals surface area contributed by atoms with Gasteiger partial charge in [0.25, 0.3) is 0 Å². The van der Waals surface area contributed by atoms with E-state index in [2.05, 4.69) is 34.6 Å². The SMILES string of the molecule is CCCCCCCCCCCCCCCCCCCCCCCC(=O)O[C@H](COC(=O)CCCCCCCCCCCCCCCCCCCCC)COP(=O)(O)OC[C@@H](O)COP(=O)(O)OC[C@@H](COC(=O)CCCCCCCCCCCC(C)C)OC(=O)CCCCCCCCCCCCCCCCCCC. The minimum absolute atomic E-state index is 0.109. The molecule has 2 unspecified atom stereocenters. The number of carbonyl (C=O) groups is 4. The van der Waals surface area contributed by atoms with Gasteiger partial charge in [0.1, 0.15) is 19.3 Å². The molecule has 0 heterocycles. The molecule has 648 valence electrons. The highest BCUT2D eigenvalue weighted by atomic mass is 31.2. The second kappa shape index (κ2) is 82.6. The maximum atomic E-state index is 13.2. The van der Waals surface area contributed by atoms with E-state index >= 15 is 0 Å². The summed E-state index contributed by atoms with van der Waals surface area (Å²) in [5.74, 6) is -1.35. The zero-order valence-electron chi connectivity index (χ0n) is 71.7. The molecule has 0 amide bonds. The second-order valence-corrected chi connectivity index (χ2v) is 35.7. The highest BCUT2D eigenvalue weighted by molar-refractivity contribution is 7.47. The Morgan fingerprint density at radius 3 is 0.624 bits per heavy atom. The van der Waals surface area contributed by atoms with Crippen LogP contribution in [0.3, 0.4) is 0 Å². The molecule has 0 aliphatic rings. The maximum absolute atomic E-state index is 13.2. The Bertz CT molecular complexity index is 2070. The number of aliphatic hydroxyl groups is 1. The highest BCUT2D eigenvalue weighted by Gasteiger charge is 2.31. The van der Waals surface area contributed by atoms with Crippen molar-refractivity contribution in [3.8, 4) is 0 Å². The van der Waals surface area contributed by atoms with Gasteiger partial charge in [0.15, 0.2) is 12.2 Å². The van der Waals surface area contributed by atoms with Crippen LogP contribution in [0, 0.1) is 5.92 Å². The van der Waals surface area contributed by atoms with Crippen LogP contribution in [0.4, 0.5) is 0 Å². The van der Waals surface area contributed by atoms with Crippen LogP contribution < -0.4 is 0 Å². The summed E-state index contributed by atoms with van der Waals surface area (Å²) in [7, 11) is -9.93. The molecule has 5 atom stereocenters. The molecule has 0 aliphatic heterocycles. The van der Waals surface area contributed by atoms with Gasteiger partial charge in [0.2, 0.25) is 0 Å². The molecule has 0 rings (SSSR count). The van der Waals surface area contributed by atoms with Gasteiger partial charge in [-0.2, -0.15) is 0 Å². The van der Waals surface area contributed by atoms with Gasteiger partial charge >= 0.3 is 39.5 Å². The van der Waals surface area contributed by atoms with E-state index in [1.807, 2.05) is 0 Å². The van der Waals surface area contributed by atoms with E-state index in [4.69, 9.17) is 37.0 Å². The first kappa shape index (κ1) is 107. The fourth-order valence-corrected chi connectivity index (χ4v) is 15.8. The summed E-state index contributed by atoms with van der Waals surface area (Å²) in [6.07, 6.45) is 77.9. The largest absolute Gasteiger partial charge is 0.472 e. The Balaban J connectivity index is 5.24. The number of rotatable bonds is 90. The first-order valence-electron chi connectivity index (χ1n) is 46.6. The summed E-state index contributed by atoms with van der Waals surface area (Å²) in [6, 6.07) is 0. The fourth-order valence-electron chi connectivity index (χ4n) is 14.2. The molecule has 0 radical (unpaired) electrons. The number of esters is 4. The molecule has 0 aromatic heterocycles. The number of ether oxygens (including phenoxy) is 4. The Morgan fingerprint density at radius 2 is 0.422 bits per heavy atom. The van der Waals surface area contributed by atoms with E-state index in [9.17, 15) is 43.2 Å². The molecule has 0 aromatic rings. The van der Waals surface area contributed by atoms with Crippen molar-refractivity contribution in [2.75, 3.05) is 39.6 Å². The lowest BCUT2D eigenvalue weighted by molar-refractivity contribution is -0.161. The fraction of sp³-hybridized carbons (Fsp3) is 0.956. The number of hydrogen-bond acceptors (Lipinski definition) is 15. The highest BCUT2D eigenvalue weighted by Crippen LogP contribution is 2.45. The van der Waals surface area contributed by atoms with Crippen LogP contribution in [0.1, 0.15) is 490 Å². The van der Waals surface area contributed by atoms with E-state index < -0.39 is 97.5 Å². The predicted octanol–water partition coefficient (Wildman–Crippen LogP) is 27.9. The number of unbranched alkanes of at least 4 members (excludes halogenated alkanes) is 62. The van der Waals surface area contributed by atoms with Gasteiger partial charge in [-0.05, 0) is 31.6 Å². The first-order chi connectivity index (χ1) is 53.0. The molecule has 0 bridgehead atoms. The Kier molecular flexibility index (Phi) is 81.1. The van der Waals surface area contributed by atoms with Crippen LogP contribution in [0.2, 0.25) is 0 Å². The number of phosphoric acid groups is 2. The van der Waals surface area contributed by atoms with Crippen molar-refractivity contribution in [2.45, 2.75) is 509 Å². The van der Waals surface area contributed by atoms with Crippen molar-refractivity contribution in [3.63, 3.8) is 0 Å². The summed E-state index contributed by atoms with van der Waals surface area (Å²) in [6.45, 7) is 7.37. The molecule has 0 spiro atoms. The van der Waals surface area contributed by atoms with E-state index in [1.54, 1.807) is 0 Å². The molecule has 17 nitrogen and oxygen atoms in total. The molecule has 3 N–H and O–H groups in total. The van der Waals surface area contributed by atoms with Gasteiger partial charge in [-0.1, -0.05) is 439 Å². The lowest BCUT2D eigenvalue weighted by atomic mass is 10.0. The maximum Gasteiger partial charge on any atom is 0.472 e. The van der Waals surface area contributed by atoms with Crippen LogP contribution in [0.5, 0.6) is 0 Å². The summed E-state index contributed by atoms with van der Waals surface area (Å²) < 4.78 is 69.1. The van der Waals surface area contributed by atoms with Gasteiger partial charge in [-0.3, -0.25) is 37.3 Å². The number of phosphoric ester groups is 2. The van der Waals surface area contributed by atoms with Crippen LogP contribution in [0.25, 0.3) is 0 Å². The smallest absolute Gasteiger partial charge is 0.462 e. The molecular formula is C90H176O17P2. The summed E-state index contributed by atoms with van der Waals surface area (Å²) in [5, 5.41) is 10.7. The second-order valence-electron chi connectivity index (χ2n) is 32.8. The summed E-state index contributed by atoms with van der Waals surface area (Å²) in [4.78, 5) is 73.4. The van der Waals surface area contributed by atoms with Gasteiger partial charge in [-0.25, -0.2) is 9.13 Å². The third-order valence-corrected chi connectivity index (χ3v) is 23.2. The predicted molar refractivity (Wildman–Crippen MR) is 451 cm³/mol. The van der Waals surface area contributed by atoms with Crippen LogP contribution in [-0.4, -0.2) is 96.7 Å². The quantitative estimate of drug-likeness (QED) is 0.0222. The van der Waals surface area contributed by atoms with Crippen LogP contribution in [-0.2, 0) is 65.4 Å². The van der Waals surface area contributed by atoms with E-state index in [-0.39, 0.29) is 25.7 Å². The first-order valence-corrected chi connectivity index (χ1v) is 49.6. The van der Waals surface area contributed by atoms with Crippen molar-refractivity contribution in [3.05, 3.63) is 0 Å². The van der Waals surface area contributed by atoms with Crippen molar-refractivity contribution in [2.24, 2.45) is 5.92 Å². The lowest BCUT2D eigenvalue weighted by Gasteiger charge is -2.21. The number of aliphatic hydroxyl groups excluding tert-OH is 1. The third kappa shape index (κ3) is 83.8. The van der Waals surface area contributed by atoms with Crippen LogP contribution >= 0.6 is 15.6 Å². The van der Waals surface area contributed by atoms with Gasteiger partial charge in [0, 0.05) is 25.7 Å². The van der Waals surface area contributed by atoms with Crippen molar-refractivity contribution in [1.29, 1.82) is 0 Å². The molecule has 19 heteroatoms. The van der Waals surface area contributed by atoms with Gasteiger partial charge < -0.3 is 33.8 Å². The molecule has 0 saturated carbocycles. The van der Waals surface area contributed by atoms with E-state index in [0.717, 1.165) is 95.8 Å². The van der Waals surface area contributed by atoms with Gasteiger partial charge in [0.05, 0.1) is 26.4 Å². The molecular weight excluding hydrogens is 1410 g/mol. The molecule has 0 fully saturated rings. The zero-order chi connectivity index (χ0) is 79.7. The average molecular weight is 1590 g/mol. The average Bonchev–Trinajstić information content (AvgIpc) is 0.900. The molecule has 0 saturated heterocycles. The number of carbonyl (C=O) groups excluding carboxylic acids is 4.